The molecule has 1 N–H and O–H groups in total. The lowest BCUT2D eigenvalue weighted by molar-refractivity contribution is 0.0957. The van der Waals surface area contributed by atoms with Gasteiger partial charge < -0.3 is 10.2 Å². The Morgan fingerprint density at radius 2 is 2.19 bits per heavy atom. The number of nitrogens with zero attached hydrogens (tertiary/aromatic N) is 2. The minimum absolute atomic E-state index is 0.0157. The molecule has 4 nitrogen and oxygen atoms in total. The molecule has 0 aliphatic carbocycles. The van der Waals surface area contributed by atoms with Crippen LogP contribution in [-0.4, -0.2) is 24.0 Å². The van der Waals surface area contributed by atoms with E-state index in [0.717, 1.165) is 31.1 Å². The van der Waals surface area contributed by atoms with Gasteiger partial charge in [-0.1, -0.05) is 42.5 Å². The maximum absolute atomic E-state index is 11.9. The first-order valence-corrected chi connectivity index (χ1v) is 8.15. The first-order chi connectivity index (χ1) is 10.3. The molecule has 2 aromatic rings. The summed E-state index contributed by atoms with van der Waals surface area (Å²) in [5, 5.41) is 3.83. The molecule has 2 heterocycles. The van der Waals surface area contributed by atoms with E-state index in [1.807, 2.05) is 6.92 Å². The average molecular weight is 301 g/mol. The second-order valence-electron chi connectivity index (χ2n) is 5.20. The second kappa shape index (κ2) is 6.26. The van der Waals surface area contributed by atoms with E-state index in [9.17, 15) is 4.79 Å². The normalized spacial score (nSPS) is 13.9. The molecule has 0 unspecified atom stereocenters. The third-order valence-electron chi connectivity index (χ3n) is 3.65. The van der Waals surface area contributed by atoms with Gasteiger partial charge in [0.25, 0.3) is 5.91 Å². The third kappa shape index (κ3) is 3.08. The summed E-state index contributed by atoms with van der Waals surface area (Å²) in [6.07, 6.45) is 3.67. The minimum atomic E-state index is -0.0157. The SMILES string of the molecule is CCCNC(=O)c1cnc(N2CCc3ccccc3C2)s1. The molecule has 5 heteroatoms. The summed E-state index contributed by atoms with van der Waals surface area (Å²) in [6.45, 7) is 4.59. The molecule has 1 amide bonds. The van der Waals surface area contributed by atoms with Crippen LogP contribution in [0.2, 0.25) is 0 Å². The van der Waals surface area contributed by atoms with Crippen molar-refractivity contribution in [1.29, 1.82) is 0 Å². The number of hydrogen-bond acceptors (Lipinski definition) is 4. The highest BCUT2D eigenvalue weighted by molar-refractivity contribution is 7.17. The number of thiazole rings is 1. The van der Waals surface area contributed by atoms with Crippen molar-refractivity contribution in [2.75, 3.05) is 18.0 Å². The van der Waals surface area contributed by atoms with E-state index < -0.39 is 0 Å². The Hall–Kier alpha value is -1.88. The predicted molar refractivity (Wildman–Crippen MR) is 85.9 cm³/mol. The lowest BCUT2D eigenvalue weighted by Crippen LogP contribution is -2.30. The summed E-state index contributed by atoms with van der Waals surface area (Å²) in [5.41, 5.74) is 2.78. The summed E-state index contributed by atoms with van der Waals surface area (Å²) in [6, 6.07) is 8.53. The van der Waals surface area contributed by atoms with Crippen molar-refractivity contribution in [3.05, 3.63) is 46.5 Å². The summed E-state index contributed by atoms with van der Waals surface area (Å²) >= 11 is 1.48. The van der Waals surface area contributed by atoms with Gasteiger partial charge in [-0.3, -0.25) is 4.79 Å². The molecule has 1 aromatic carbocycles. The Morgan fingerprint density at radius 1 is 1.38 bits per heavy atom. The topological polar surface area (TPSA) is 45.2 Å². The molecule has 0 saturated carbocycles. The van der Waals surface area contributed by atoms with Gasteiger partial charge in [0.15, 0.2) is 5.13 Å². The molecular formula is C16H19N3OS. The van der Waals surface area contributed by atoms with E-state index in [0.29, 0.717) is 11.4 Å². The lowest BCUT2D eigenvalue weighted by Gasteiger charge is -2.28. The van der Waals surface area contributed by atoms with Crippen molar-refractivity contribution >= 4 is 22.4 Å². The van der Waals surface area contributed by atoms with E-state index >= 15 is 0 Å². The van der Waals surface area contributed by atoms with Gasteiger partial charge in [0.1, 0.15) is 4.88 Å². The number of benzene rings is 1. The Labute approximate surface area is 128 Å². The summed E-state index contributed by atoms with van der Waals surface area (Å²) in [4.78, 5) is 19.3. The van der Waals surface area contributed by atoms with Gasteiger partial charge in [-0.05, 0) is 24.0 Å². The van der Waals surface area contributed by atoms with Crippen molar-refractivity contribution in [2.45, 2.75) is 26.3 Å². The zero-order valence-corrected chi connectivity index (χ0v) is 12.9. The fourth-order valence-electron chi connectivity index (χ4n) is 2.50. The largest absolute Gasteiger partial charge is 0.351 e. The molecule has 0 radical (unpaired) electrons. The maximum atomic E-state index is 11.9. The number of aromatic nitrogens is 1. The van der Waals surface area contributed by atoms with Crippen LogP contribution >= 0.6 is 11.3 Å². The first kappa shape index (κ1) is 14.1. The highest BCUT2D eigenvalue weighted by Gasteiger charge is 2.19. The summed E-state index contributed by atoms with van der Waals surface area (Å²) in [7, 11) is 0. The van der Waals surface area contributed by atoms with Crippen LogP contribution in [0.15, 0.2) is 30.5 Å². The van der Waals surface area contributed by atoms with E-state index in [-0.39, 0.29) is 5.91 Å². The highest BCUT2D eigenvalue weighted by atomic mass is 32.1. The molecule has 0 saturated heterocycles. The number of nitrogens with one attached hydrogen (secondary N) is 1. The monoisotopic (exact) mass is 301 g/mol. The van der Waals surface area contributed by atoms with E-state index in [1.165, 1.54) is 22.5 Å². The second-order valence-corrected chi connectivity index (χ2v) is 6.21. The third-order valence-corrected chi connectivity index (χ3v) is 4.71. The Morgan fingerprint density at radius 3 is 3.00 bits per heavy atom. The highest BCUT2D eigenvalue weighted by Crippen LogP contribution is 2.28. The van der Waals surface area contributed by atoms with Crippen LogP contribution in [0.4, 0.5) is 5.13 Å². The van der Waals surface area contributed by atoms with Gasteiger partial charge in [-0.15, -0.1) is 0 Å². The summed E-state index contributed by atoms with van der Waals surface area (Å²) < 4.78 is 0. The van der Waals surface area contributed by atoms with Crippen molar-refractivity contribution < 1.29 is 4.79 Å². The molecule has 110 valence electrons. The number of fused-ring (bicyclic) bond motifs is 1. The standard InChI is InChI=1S/C16H19N3OS/c1-2-8-17-15(20)14-10-18-16(21-14)19-9-7-12-5-3-4-6-13(12)11-19/h3-6,10H,2,7-9,11H2,1H3,(H,17,20). The molecule has 0 bridgehead atoms. The Balaban J connectivity index is 1.71. The van der Waals surface area contributed by atoms with Crippen LogP contribution < -0.4 is 10.2 Å². The number of amides is 1. The molecule has 1 aliphatic heterocycles. The lowest BCUT2D eigenvalue weighted by atomic mass is 10.0. The number of anilines is 1. The van der Waals surface area contributed by atoms with Gasteiger partial charge >= 0.3 is 0 Å². The van der Waals surface area contributed by atoms with Crippen LogP contribution in [0.3, 0.4) is 0 Å². The zero-order valence-electron chi connectivity index (χ0n) is 12.1. The van der Waals surface area contributed by atoms with Crippen molar-refractivity contribution in [3.63, 3.8) is 0 Å². The Kier molecular flexibility index (Phi) is 4.20. The van der Waals surface area contributed by atoms with Gasteiger partial charge in [0, 0.05) is 19.6 Å². The fraction of sp³-hybridized carbons (Fsp3) is 0.375. The predicted octanol–water partition coefficient (Wildman–Crippen LogP) is 2.85. The zero-order chi connectivity index (χ0) is 14.7. The van der Waals surface area contributed by atoms with Gasteiger partial charge in [0.2, 0.25) is 0 Å². The quantitative estimate of drug-likeness (QED) is 0.944. The first-order valence-electron chi connectivity index (χ1n) is 7.33. The van der Waals surface area contributed by atoms with E-state index in [4.69, 9.17) is 0 Å². The van der Waals surface area contributed by atoms with Crippen molar-refractivity contribution in [1.82, 2.24) is 10.3 Å². The van der Waals surface area contributed by atoms with Gasteiger partial charge in [-0.2, -0.15) is 0 Å². The van der Waals surface area contributed by atoms with Crippen molar-refractivity contribution in [3.8, 4) is 0 Å². The average Bonchev–Trinajstić information content (AvgIpc) is 3.02. The van der Waals surface area contributed by atoms with Crippen LogP contribution in [0.25, 0.3) is 0 Å². The van der Waals surface area contributed by atoms with Crippen LogP contribution in [-0.2, 0) is 13.0 Å². The van der Waals surface area contributed by atoms with E-state index in [1.54, 1.807) is 6.20 Å². The summed E-state index contributed by atoms with van der Waals surface area (Å²) in [5.74, 6) is -0.0157. The molecule has 0 spiro atoms. The van der Waals surface area contributed by atoms with E-state index in [2.05, 4.69) is 39.5 Å². The molecular weight excluding hydrogens is 282 g/mol. The number of carbonyl (C=O) groups is 1. The fourth-order valence-corrected chi connectivity index (χ4v) is 3.36. The van der Waals surface area contributed by atoms with Gasteiger partial charge in [-0.25, -0.2) is 4.98 Å². The smallest absolute Gasteiger partial charge is 0.263 e. The molecule has 21 heavy (non-hydrogen) atoms. The Bertz CT molecular complexity index is 638. The van der Waals surface area contributed by atoms with Crippen LogP contribution in [0, 0.1) is 0 Å². The van der Waals surface area contributed by atoms with Crippen LogP contribution in [0.5, 0.6) is 0 Å². The van der Waals surface area contributed by atoms with Crippen molar-refractivity contribution in [2.24, 2.45) is 0 Å². The molecule has 0 fully saturated rings. The minimum Gasteiger partial charge on any atom is -0.351 e. The molecule has 3 rings (SSSR count). The number of hydrogen-bond donors (Lipinski definition) is 1. The van der Waals surface area contributed by atoms with Crippen LogP contribution in [0.1, 0.15) is 34.1 Å². The molecule has 1 aromatic heterocycles. The maximum Gasteiger partial charge on any atom is 0.263 e. The molecule has 0 atom stereocenters. The molecule has 1 aliphatic rings. The van der Waals surface area contributed by atoms with Gasteiger partial charge in [0.05, 0.1) is 6.20 Å². The number of carbonyl (C=O) groups excluding carboxylic acids is 1. The number of rotatable bonds is 4.